The van der Waals surface area contributed by atoms with Gasteiger partial charge in [0.05, 0.1) is 6.10 Å². The first-order chi connectivity index (χ1) is 9.59. The third kappa shape index (κ3) is 3.40. The van der Waals surface area contributed by atoms with Crippen LogP contribution in [-0.2, 0) is 11.2 Å². The summed E-state index contributed by atoms with van der Waals surface area (Å²) >= 11 is 0. The van der Waals surface area contributed by atoms with Crippen molar-refractivity contribution in [3.05, 3.63) is 35.9 Å². The van der Waals surface area contributed by atoms with Crippen LogP contribution in [-0.4, -0.2) is 43.3 Å². The highest BCUT2D eigenvalue weighted by atomic mass is 16.5. The lowest BCUT2D eigenvalue weighted by Gasteiger charge is -2.46. The lowest BCUT2D eigenvalue weighted by atomic mass is 9.86. The van der Waals surface area contributed by atoms with E-state index in [2.05, 4.69) is 49.1 Å². The number of piperidine rings is 1. The van der Waals surface area contributed by atoms with Gasteiger partial charge in [-0.05, 0) is 37.8 Å². The Morgan fingerprint density at radius 2 is 2.05 bits per heavy atom. The lowest BCUT2D eigenvalue weighted by molar-refractivity contribution is -0.0399. The number of nitrogens with zero attached hydrogens (tertiary/aromatic N) is 1. The minimum absolute atomic E-state index is 0.0122. The van der Waals surface area contributed by atoms with Crippen molar-refractivity contribution in [2.45, 2.75) is 38.3 Å². The maximum Gasteiger partial charge on any atom is 0.0724 e. The second-order valence-corrected chi connectivity index (χ2v) is 6.35. The molecule has 0 radical (unpaired) electrons. The summed E-state index contributed by atoms with van der Waals surface area (Å²) in [5, 5.41) is 0. The number of ether oxygens (including phenoxy) is 1. The topological polar surface area (TPSA) is 38.5 Å². The first kappa shape index (κ1) is 15.5. The quantitative estimate of drug-likeness (QED) is 0.897. The van der Waals surface area contributed by atoms with E-state index in [9.17, 15) is 0 Å². The number of rotatable bonds is 5. The van der Waals surface area contributed by atoms with Gasteiger partial charge in [-0.2, -0.15) is 0 Å². The molecule has 20 heavy (non-hydrogen) atoms. The van der Waals surface area contributed by atoms with E-state index in [4.69, 9.17) is 10.5 Å². The molecule has 0 saturated carbocycles. The maximum atomic E-state index is 6.12. The van der Waals surface area contributed by atoms with E-state index in [-0.39, 0.29) is 5.54 Å². The average Bonchev–Trinajstić information content (AvgIpc) is 2.48. The zero-order valence-electron chi connectivity index (χ0n) is 13.0. The molecule has 3 atom stereocenters. The predicted octanol–water partition coefficient (Wildman–Crippen LogP) is 2.30. The molecule has 1 aliphatic rings. The van der Waals surface area contributed by atoms with Crippen molar-refractivity contribution in [2.24, 2.45) is 11.7 Å². The molecule has 2 N–H and O–H groups in total. The largest absolute Gasteiger partial charge is 0.380 e. The Kier molecular flexibility index (Phi) is 5.19. The molecule has 0 amide bonds. The van der Waals surface area contributed by atoms with Crippen molar-refractivity contribution < 1.29 is 4.74 Å². The summed E-state index contributed by atoms with van der Waals surface area (Å²) in [4.78, 5) is 2.52. The van der Waals surface area contributed by atoms with Crippen LogP contribution in [0.1, 0.15) is 25.8 Å². The standard InChI is InChI=1S/C17H28N2O/c1-14-9-10-19(12-16(14)20-3)17(2,13-18)11-15-7-5-4-6-8-15/h4-8,14,16H,9-13,18H2,1-3H3. The predicted molar refractivity (Wildman–Crippen MR) is 83.8 cm³/mol. The van der Waals surface area contributed by atoms with E-state index in [1.54, 1.807) is 0 Å². The summed E-state index contributed by atoms with van der Waals surface area (Å²) in [6.07, 6.45) is 2.50. The van der Waals surface area contributed by atoms with Gasteiger partial charge < -0.3 is 10.5 Å². The van der Waals surface area contributed by atoms with Crippen molar-refractivity contribution >= 4 is 0 Å². The molecule has 1 saturated heterocycles. The van der Waals surface area contributed by atoms with E-state index in [1.807, 2.05) is 7.11 Å². The number of methoxy groups -OCH3 is 1. The molecule has 1 fully saturated rings. The number of benzene rings is 1. The minimum Gasteiger partial charge on any atom is -0.380 e. The second-order valence-electron chi connectivity index (χ2n) is 6.35. The Balaban J connectivity index is 2.10. The van der Waals surface area contributed by atoms with Crippen molar-refractivity contribution in [3.8, 4) is 0 Å². The second kappa shape index (κ2) is 6.70. The SMILES string of the molecule is COC1CN(C(C)(CN)Cc2ccccc2)CCC1C. The molecule has 0 aliphatic carbocycles. The Labute approximate surface area is 123 Å². The maximum absolute atomic E-state index is 6.12. The fraction of sp³-hybridized carbons (Fsp3) is 0.647. The Morgan fingerprint density at radius 3 is 2.65 bits per heavy atom. The molecule has 3 unspecified atom stereocenters. The smallest absolute Gasteiger partial charge is 0.0724 e. The fourth-order valence-corrected chi connectivity index (χ4v) is 3.18. The molecular formula is C17H28N2O. The van der Waals surface area contributed by atoms with Gasteiger partial charge in [-0.15, -0.1) is 0 Å². The van der Waals surface area contributed by atoms with E-state index < -0.39 is 0 Å². The molecule has 1 aliphatic heterocycles. The van der Waals surface area contributed by atoms with Gasteiger partial charge in [0, 0.05) is 25.7 Å². The zero-order chi connectivity index (χ0) is 14.6. The molecule has 3 nitrogen and oxygen atoms in total. The molecule has 112 valence electrons. The van der Waals surface area contributed by atoms with Gasteiger partial charge in [-0.25, -0.2) is 0 Å². The highest BCUT2D eigenvalue weighted by Crippen LogP contribution is 2.27. The Hall–Kier alpha value is -0.900. The van der Waals surface area contributed by atoms with E-state index in [1.165, 1.54) is 12.0 Å². The van der Waals surface area contributed by atoms with E-state index in [0.717, 1.165) is 19.5 Å². The lowest BCUT2D eigenvalue weighted by Crippen LogP contribution is -2.59. The molecule has 1 aromatic rings. The molecule has 1 aromatic carbocycles. The molecule has 0 aromatic heterocycles. The fourth-order valence-electron chi connectivity index (χ4n) is 3.18. The normalized spacial score (nSPS) is 27.2. The highest BCUT2D eigenvalue weighted by molar-refractivity contribution is 5.18. The Morgan fingerprint density at radius 1 is 1.35 bits per heavy atom. The van der Waals surface area contributed by atoms with Crippen LogP contribution in [0, 0.1) is 5.92 Å². The minimum atomic E-state index is 0.0122. The van der Waals surface area contributed by atoms with Gasteiger partial charge in [-0.1, -0.05) is 37.3 Å². The Bertz CT molecular complexity index is 409. The van der Waals surface area contributed by atoms with Gasteiger partial charge in [-0.3, -0.25) is 4.90 Å². The van der Waals surface area contributed by atoms with Crippen molar-refractivity contribution in [3.63, 3.8) is 0 Å². The molecule has 1 heterocycles. The van der Waals surface area contributed by atoms with E-state index in [0.29, 0.717) is 18.6 Å². The molecule has 3 heteroatoms. The molecular weight excluding hydrogens is 248 g/mol. The summed E-state index contributed by atoms with van der Waals surface area (Å²) < 4.78 is 5.64. The van der Waals surface area contributed by atoms with Crippen LogP contribution in [0.5, 0.6) is 0 Å². The van der Waals surface area contributed by atoms with Crippen LogP contribution in [0.3, 0.4) is 0 Å². The van der Waals surface area contributed by atoms with Crippen LogP contribution in [0.4, 0.5) is 0 Å². The summed E-state index contributed by atoms with van der Waals surface area (Å²) in [6, 6.07) is 10.6. The van der Waals surface area contributed by atoms with Gasteiger partial charge in [0.2, 0.25) is 0 Å². The molecule has 2 rings (SSSR count). The third-order valence-corrected chi connectivity index (χ3v) is 4.82. The van der Waals surface area contributed by atoms with Crippen LogP contribution in [0.25, 0.3) is 0 Å². The van der Waals surface area contributed by atoms with Gasteiger partial charge in [0.1, 0.15) is 0 Å². The summed E-state index contributed by atoms with van der Waals surface area (Å²) in [5.74, 6) is 0.634. The highest BCUT2D eigenvalue weighted by Gasteiger charge is 2.36. The molecule has 0 bridgehead atoms. The summed E-state index contributed by atoms with van der Waals surface area (Å²) in [7, 11) is 1.82. The first-order valence-corrected chi connectivity index (χ1v) is 7.61. The summed E-state index contributed by atoms with van der Waals surface area (Å²) in [6.45, 7) is 7.33. The number of nitrogens with two attached hydrogens (primary N) is 1. The first-order valence-electron chi connectivity index (χ1n) is 7.61. The summed E-state index contributed by atoms with van der Waals surface area (Å²) in [5.41, 5.74) is 7.49. The van der Waals surface area contributed by atoms with Crippen LogP contribution in [0.2, 0.25) is 0 Å². The number of likely N-dealkylation sites (tertiary alicyclic amines) is 1. The third-order valence-electron chi connectivity index (χ3n) is 4.82. The van der Waals surface area contributed by atoms with Crippen LogP contribution in [0.15, 0.2) is 30.3 Å². The monoisotopic (exact) mass is 276 g/mol. The average molecular weight is 276 g/mol. The van der Waals surface area contributed by atoms with Crippen LogP contribution >= 0.6 is 0 Å². The van der Waals surface area contributed by atoms with E-state index >= 15 is 0 Å². The van der Waals surface area contributed by atoms with Crippen molar-refractivity contribution in [2.75, 3.05) is 26.7 Å². The van der Waals surface area contributed by atoms with Gasteiger partial charge in [0.15, 0.2) is 0 Å². The number of hydrogen-bond donors (Lipinski definition) is 1. The zero-order valence-corrected chi connectivity index (χ0v) is 13.0. The van der Waals surface area contributed by atoms with Crippen LogP contribution < -0.4 is 5.73 Å². The number of hydrogen-bond acceptors (Lipinski definition) is 3. The van der Waals surface area contributed by atoms with Gasteiger partial charge in [0.25, 0.3) is 0 Å². The van der Waals surface area contributed by atoms with Crippen molar-refractivity contribution in [1.29, 1.82) is 0 Å². The molecule has 0 spiro atoms. The van der Waals surface area contributed by atoms with Gasteiger partial charge >= 0.3 is 0 Å². The van der Waals surface area contributed by atoms with Crippen molar-refractivity contribution in [1.82, 2.24) is 4.90 Å².